The SMILES string of the molecule is COc1ccc(C(C)NC(=O)Cn2nnc3ccc(F)cc3c2=O)cc1. The summed E-state index contributed by atoms with van der Waals surface area (Å²) in [6.45, 7) is 1.52. The normalized spacial score (nSPS) is 12.0. The fourth-order valence-electron chi connectivity index (χ4n) is 2.55. The van der Waals surface area contributed by atoms with Crippen LogP contribution in [0.15, 0.2) is 47.3 Å². The molecule has 1 amide bonds. The first-order chi connectivity index (χ1) is 12.5. The second-order valence-electron chi connectivity index (χ2n) is 5.78. The number of aromatic nitrogens is 3. The van der Waals surface area contributed by atoms with Crippen molar-refractivity contribution in [2.24, 2.45) is 0 Å². The summed E-state index contributed by atoms with van der Waals surface area (Å²) in [6, 6.07) is 10.7. The maximum absolute atomic E-state index is 13.3. The predicted octanol–water partition coefficient (Wildman–Crippen LogP) is 1.82. The zero-order chi connectivity index (χ0) is 18.7. The first-order valence-corrected chi connectivity index (χ1v) is 7.94. The van der Waals surface area contributed by atoms with E-state index in [2.05, 4.69) is 15.6 Å². The molecule has 26 heavy (non-hydrogen) atoms. The number of amides is 1. The lowest BCUT2D eigenvalue weighted by atomic mass is 10.1. The molecule has 0 aliphatic heterocycles. The fourth-order valence-corrected chi connectivity index (χ4v) is 2.55. The van der Waals surface area contributed by atoms with Crippen LogP contribution in [0, 0.1) is 5.82 Å². The highest BCUT2D eigenvalue weighted by Crippen LogP contribution is 2.17. The van der Waals surface area contributed by atoms with Crippen LogP contribution in [0.5, 0.6) is 5.75 Å². The van der Waals surface area contributed by atoms with Crippen LogP contribution in [-0.2, 0) is 11.3 Å². The minimum atomic E-state index is -0.568. The molecular weight excluding hydrogens is 339 g/mol. The van der Waals surface area contributed by atoms with E-state index in [1.54, 1.807) is 19.2 Å². The lowest BCUT2D eigenvalue weighted by molar-refractivity contribution is -0.122. The van der Waals surface area contributed by atoms with Crippen LogP contribution >= 0.6 is 0 Å². The Morgan fingerprint density at radius 3 is 2.69 bits per heavy atom. The van der Waals surface area contributed by atoms with Gasteiger partial charge < -0.3 is 10.1 Å². The second kappa shape index (κ2) is 7.30. The molecule has 0 radical (unpaired) electrons. The Bertz CT molecular complexity index is 1000. The topological polar surface area (TPSA) is 86.1 Å². The lowest BCUT2D eigenvalue weighted by Gasteiger charge is -2.15. The molecule has 1 aromatic heterocycles. The Morgan fingerprint density at radius 1 is 1.27 bits per heavy atom. The van der Waals surface area contributed by atoms with E-state index in [0.717, 1.165) is 22.1 Å². The second-order valence-corrected chi connectivity index (χ2v) is 5.78. The Labute approximate surface area is 148 Å². The van der Waals surface area contributed by atoms with Crippen LogP contribution in [0.3, 0.4) is 0 Å². The standard InChI is InChI=1S/C18H17FN4O3/c1-11(12-3-6-14(26-2)7-4-12)20-17(24)10-23-18(25)15-9-13(19)5-8-16(15)21-22-23/h3-9,11H,10H2,1-2H3,(H,20,24). The number of hydrogen-bond donors (Lipinski definition) is 1. The number of methoxy groups -OCH3 is 1. The molecule has 0 aliphatic rings. The molecule has 0 aliphatic carbocycles. The van der Waals surface area contributed by atoms with Crippen molar-refractivity contribution >= 4 is 16.8 Å². The molecule has 7 nitrogen and oxygen atoms in total. The van der Waals surface area contributed by atoms with Gasteiger partial charge in [-0.05, 0) is 42.8 Å². The van der Waals surface area contributed by atoms with Crippen molar-refractivity contribution in [2.75, 3.05) is 7.11 Å². The van der Waals surface area contributed by atoms with Crippen LogP contribution < -0.4 is 15.6 Å². The highest BCUT2D eigenvalue weighted by atomic mass is 19.1. The molecule has 0 bridgehead atoms. The minimum Gasteiger partial charge on any atom is -0.497 e. The summed E-state index contributed by atoms with van der Waals surface area (Å²) in [7, 11) is 1.58. The highest BCUT2D eigenvalue weighted by molar-refractivity contribution is 5.78. The molecule has 1 atom stereocenters. The van der Waals surface area contributed by atoms with Gasteiger partial charge in [0.2, 0.25) is 5.91 Å². The summed E-state index contributed by atoms with van der Waals surface area (Å²) in [5.41, 5.74) is 0.597. The molecule has 1 heterocycles. The summed E-state index contributed by atoms with van der Waals surface area (Å²) >= 11 is 0. The molecule has 1 unspecified atom stereocenters. The summed E-state index contributed by atoms with van der Waals surface area (Å²) < 4.78 is 19.4. The van der Waals surface area contributed by atoms with Gasteiger partial charge in [0, 0.05) is 0 Å². The number of halogens is 1. The number of rotatable bonds is 5. The summed E-state index contributed by atoms with van der Waals surface area (Å²) in [6.07, 6.45) is 0. The van der Waals surface area contributed by atoms with Crippen molar-refractivity contribution < 1.29 is 13.9 Å². The first kappa shape index (κ1) is 17.5. The minimum absolute atomic E-state index is 0.0796. The van der Waals surface area contributed by atoms with Gasteiger partial charge in [0.15, 0.2) is 0 Å². The Balaban J connectivity index is 1.74. The molecule has 0 saturated carbocycles. The molecule has 134 valence electrons. The largest absolute Gasteiger partial charge is 0.497 e. The van der Waals surface area contributed by atoms with E-state index < -0.39 is 17.3 Å². The van der Waals surface area contributed by atoms with Crippen LogP contribution in [0.25, 0.3) is 10.9 Å². The quantitative estimate of drug-likeness (QED) is 0.754. The van der Waals surface area contributed by atoms with Gasteiger partial charge in [-0.2, -0.15) is 0 Å². The maximum Gasteiger partial charge on any atom is 0.278 e. The average molecular weight is 356 g/mol. The number of carbonyl (C=O) groups excluding carboxylic acids is 1. The van der Waals surface area contributed by atoms with E-state index in [4.69, 9.17) is 4.74 Å². The first-order valence-electron chi connectivity index (χ1n) is 7.94. The number of nitrogens with one attached hydrogen (secondary N) is 1. The van der Waals surface area contributed by atoms with Crippen molar-refractivity contribution in [2.45, 2.75) is 19.5 Å². The van der Waals surface area contributed by atoms with Crippen LogP contribution in [-0.4, -0.2) is 28.0 Å². The Hall–Kier alpha value is -3.29. The number of nitrogens with zero attached hydrogens (tertiary/aromatic N) is 3. The van der Waals surface area contributed by atoms with E-state index >= 15 is 0 Å². The van der Waals surface area contributed by atoms with Gasteiger partial charge in [-0.25, -0.2) is 9.07 Å². The fraction of sp³-hybridized carbons (Fsp3) is 0.222. The molecule has 0 fully saturated rings. The van der Waals surface area contributed by atoms with Crippen molar-refractivity contribution in [3.63, 3.8) is 0 Å². The molecule has 0 spiro atoms. The van der Waals surface area contributed by atoms with E-state index in [-0.39, 0.29) is 23.5 Å². The van der Waals surface area contributed by atoms with Crippen molar-refractivity contribution in [3.8, 4) is 5.75 Å². The highest BCUT2D eigenvalue weighted by Gasteiger charge is 2.13. The van der Waals surface area contributed by atoms with E-state index in [0.29, 0.717) is 0 Å². The Morgan fingerprint density at radius 2 is 2.00 bits per heavy atom. The van der Waals surface area contributed by atoms with Crippen molar-refractivity contribution in [3.05, 3.63) is 64.2 Å². The average Bonchev–Trinajstić information content (AvgIpc) is 2.64. The van der Waals surface area contributed by atoms with Gasteiger partial charge >= 0.3 is 0 Å². The van der Waals surface area contributed by atoms with E-state index in [1.807, 2.05) is 19.1 Å². The van der Waals surface area contributed by atoms with Crippen LogP contribution in [0.2, 0.25) is 0 Å². The maximum atomic E-state index is 13.3. The van der Waals surface area contributed by atoms with Gasteiger partial charge in [-0.15, -0.1) is 5.10 Å². The third-order valence-corrected chi connectivity index (χ3v) is 3.97. The number of carbonyl (C=O) groups is 1. The van der Waals surface area contributed by atoms with Crippen molar-refractivity contribution in [1.82, 2.24) is 20.3 Å². The van der Waals surface area contributed by atoms with Gasteiger partial charge in [0.1, 0.15) is 23.6 Å². The smallest absolute Gasteiger partial charge is 0.278 e. The van der Waals surface area contributed by atoms with Gasteiger partial charge in [0.25, 0.3) is 5.56 Å². The van der Waals surface area contributed by atoms with E-state index in [1.165, 1.54) is 12.1 Å². The van der Waals surface area contributed by atoms with Gasteiger partial charge in [-0.3, -0.25) is 9.59 Å². The van der Waals surface area contributed by atoms with Crippen LogP contribution in [0.1, 0.15) is 18.5 Å². The predicted molar refractivity (Wildman–Crippen MR) is 93.3 cm³/mol. The van der Waals surface area contributed by atoms with Crippen LogP contribution in [0.4, 0.5) is 4.39 Å². The molecule has 8 heteroatoms. The number of fused-ring (bicyclic) bond motifs is 1. The number of ether oxygens (including phenoxy) is 1. The van der Waals surface area contributed by atoms with Gasteiger partial charge in [-0.1, -0.05) is 17.3 Å². The molecule has 3 aromatic rings. The number of hydrogen-bond acceptors (Lipinski definition) is 5. The molecule has 2 aromatic carbocycles. The Kier molecular flexibility index (Phi) is 4.92. The van der Waals surface area contributed by atoms with Gasteiger partial charge in [0.05, 0.1) is 18.5 Å². The number of benzene rings is 2. The lowest BCUT2D eigenvalue weighted by Crippen LogP contribution is -2.35. The summed E-state index contributed by atoms with van der Waals surface area (Å²) in [4.78, 5) is 24.6. The molecule has 0 saturated heterocycles. The molecular formula is C18H17FN4O3. The third-order valence-electron chi connectivity index (χ3n) is 3.97. The summed E-state index contributed by atoms with van der Waals surface area (Å²) in [5, 5.41) is 10.4. The molecule has 1 N–H and O–H groups in total. The molecule has 3 rings (SSSR count). The van der Waals surface area contributed by atoms with Crippen molar-refractivity contribution in [1.29, 1.82) is 0 Å². The third kappa shape index (κ3) is 3.69. The van der Waals surface area contributed by atoms with E-state index in [9.17, 15) is 14.0 Å². The summed E-state index contributed by atoms with van der Waals surface area (Å²) in [5.74, 6) is -0.232. The zero-order valence-corrected chi connectivity index (χ0v) is 14.3. The monoisotopic (exact) mass is 356 g/mol. The zero-order valence-electron chi connectivity index (χ0n) is 14.3.